The van der Waals surface area contributed by atoms with E-state index in [1.807, 2.05) is 12.1 Å². The average molecular weight is 305 g/mol. The fraction of sp³-hybridized carbons (Fsp3) is 0.533. The lowest BCUT2D eigenvalue weighted by Crippen LogP contribution is -2.49. The van der Waals surface area contributed by atoms with Crippen LogP contribution in [0.1, 0.15) is 19.3 Å². The Labute approximate surface area is 130 Å². The topological polar surface area (TPSA) is 86.4 Å². The van der Waals surface area contributed by atoms with Crippen molar-refractivity contribution in [3.8, 4) is 0 Å². The van der Waals surface area contributed by atoms with Gasteiger partial charge in [0.15, 0.2) is 0 Å². The highest BCUT2D eigenvalue weighted by molar-refractivity contribution is 5.87. The standard InChI is InChI=1S/C15H23N5O2/c1-16-14(21)13-6-3-10-20(13)15(22)19-9-4-8-18-12-5-2-7-17-11-12/h2,5,7,11,13,18H,3-4,6,8-10H2,1H3,(H,16,21)(H,19,22)/t13-/m1/s1. The second-order valence-corrected chi connectivity index (χ2v) is 5.22. The van der Waals surface area contributed by atoms with Crippen LogP contribution in [0.5, 0.6) is 0 Å². The van der Waals surface area contributed by atoms with Crippen LogP contribution in [0, 0.1) is 0 Å². The number of hydrogen-bond acceptors (Lipinski definition) is 4. The number of carbonyl (C=O) groups excluding carboxylic acids is 2. The summed E-state index contributed by atoms with van der Waals surface area (Å²) >= 11 is 0. The largest absolute Gasteiger partial charge is 0.384 e. The lowest BCUT2D eigenvalue weighted by Gasteiger charge is -2.23. The van der Waals surface area contributed by atoms with Crippen molar-refractivity contribution >= 4 is 17.6 Å². The zero-order chi connectivity index (χ0) is 15.8. The fourth-order valence-corrected chi connectivity index (χ4v) is 2.53. The molecule has 1 aliphatic heterocycles. The van der Waals surface area contributed by atoms with Crippen LogP contribution in [0.2, 0.25) is 0 Å². The van der Waals surface area contributed by atoms with E-state index < -0.39 is 0 Å². The number of nitrogens with one attached hydrogen (secondary N) is 3. The number of aromatic nitrogens is 1. The third-order valence-electron chi connectivity index (χ3n) is 3.68. The minimum atomic E-state index is -0.335. The lowest BCUT2D eigenvalue weighted by molar-refractivity contribution is -0.124. The van der Waals surface area contributed by atoms with Gasteiger partial charge in [-0.05, 0) is 31.4 Å². The number of carbonyl (C=O) groups is 2. The van der Waals surface area contributed by atoms with Gasteiger partial charge in [0.2, 0.25) is 5.91 Å². The molecule has 1 aliphatic rings. The van der Waals surface area contributed by atoms with Crippen LogP contribution in [0.4, 0.5) is 10.5 Å². The van der Waals surface area contributed by atoms with Crippen LogP contribution < -0.4 is 16.0 Å². The van der Waals surface area contributed by atoms with Gasteiger partial charge in [-0.2, -0.15) is 0 Å². The second-order valence-electron chi connectivity index (χ2n) is 5.22. The molecular formula is C15H23N5O2. The van der Waals surface area contributed by atoms with E-state index >= 15 is 0 Å². The summed E-state index contributed by atoms with van der Waals surface area (Å²) < 4.78 is 0. The molecule has 1 fully saturated rings. The Kier molecular flexibility index (Phi) is 6.00. The summed E-state index contributed by atoms with van der Waals surface area (Å²) in [5.41, 5.74) is 0.966. The molecule has 0 aliphatic carbocycles. The number of nitrogens with zero attached hydrogens (tertiary/aromatic N) is 2. The smallest absolute Gasteiger partial charge is 0.318 e. The minimum Gasteiger partial charge on any atom is -0.384 e. The molecule has 7 nitrogen and oxygen atoms in total. The highest BCUT2D eigenvalue weighted by atomic mass is 16.2. The Morgan fingerprint density at radius 2 is 2.27 bits per heavy atom. The van der Waals surface area contributed by atoms with Crippen LogP contribution >= 0.6 is 0 Å². The van der Waals surface area contributed by atoms with Gasteiger partial charge in [0.1, 0.15) is 6.04 Å². The van der Waals surface area contributed by atoms with Gasteiger partial charge in [-0.1, -0.05) is 0 Å². The molecule has 22 heavy (non-hydrogen) atoms. The van der Waals surface area contributed by atoms with Crippen molar-refractivity contribution in [3.63, 3.8) is 0 Å². The lowest BCUT2D eigenvalue weighted by atomic mass is 10.2. The van der Waals surface area contributed by atoms with Crippen LogP contribution in [-0.4, -0.2) is 54.5 Å². The molecule has 0 saturated carbocycles. The molecule has 0 bridgehead atoms. The van der Waals surface area contributed by atoms with Crippen molar-refractivity contribution in [2.24, 2.45) is 0 Å². The Balaban J connectivity index is 1.66. The Hall–Kier alpha value is -2.31. The van der Waals surface area contributed by atoms with Gasteiger partial charge >= 0.3 is 6.03 Å². The van der Waals surface area contributed by atoms with E-state index in [0.717, 1.165) is 31.5 Å². The molecule has 2 heterocycles. The summed E-state index contributed by atoms with van der Waals surface area (Å²) in [4.78, 5) is 29.5. The molecule has 0 spiro atoms. The first-order valence-electron chi connectivity index (χ1n) is 7.62. The zero-order valence-corrected chi connectivity index (χ0v) is 12.8. The van der Waals surface area contributed by atoms with E-state index in [4.69, 9.17) is 0 Å². The van der Waals surface area contributed by atoms with E-state index in [2.05, 4.69) is 20.9 Å². The molecule has 1 aromatic rings. The molecule has 0 aromatic carbocycles. The van der Waals surface area contributed by atoms with Crippen molar-refractivity contribution in [3.05, 3.63) is 24.5 Å². The third kappa shape index (κ3) is 4.34. The predicted octanol–water partition coefficient (Wildman–Crippen LogP) is 0.804. The first-order valence-corrected chi connectivity index (χ1v) is 7.62. The maximum absolute atomic E-state index is 12.1. The number of pyridine rings is 1. The summed E-state index contributed by atoms with van der Waals surface area (Å²) in [6.07, 6.45) is 5.89. The highest BCUT2D eigenvalue weighted by Crippen LogP contribution is 2.17. The molecule has 1 aromatic heterocycles. The van der Waals surface area contributed by atoms with Gasteiger partial charge in [0, 0.05) is 39.1 Å². The number of likely N-dealkylation sites (N-methyl/N-ethyl adjacent to an activating group) is 1. The summed E-state index contributed by atoms with van der Waals surface area (Å²) in [5.74, 6) is -0.0918. The Bertz CT molecular complexity index is 494. The molecule has 7 heteroatoms. The number of urea groups is 1. The normalized spacial score (nSPS) is 17.1. The highest BCUT2D eigenvalue weighted by Gasteiger charge is 2.33. The number of rotatable bonds is 6. The summed E-state index contributed by atoms with van der Waals surface area (Å²) in [5, 5.41) is 8.71. The van der Waals surface area contributed by atoms with Gasteiger partial charge in [0.05, 0.1) is 5.69 Å². The molecular weight excluding hydrogens is 282 g/mol. The minimum absolute atomic E-state index is 0.0918. The molecule has 1 atom stereocenters. The Morgan fingerprint density at radius 1 is 1.41 bits per heavy atom. The molecule has 120 valence electrons. The van der Waals surface area contributed by atoms with E-state index in [9.17, 15) is 9.59 Å². The number of anilines is 1. The SMILES string of the molecule is CNC(=O)[C@H]1CCCN1C(=O)NCCCNc1cccnc1. The van der Waals surface area contributed by atoms with Gasteiger partial charge in [-0.25, -0.2) is 4.79 Å². The quantitative estimate of drug-likeness (QED) is 0.679. The van der Waals surface area contributed by atoms with Crippen LogP contribution in [-0.2, 0) is 4.79 Å². The van der Waals surface area contributed by atoms with Crippen molar-refractivity contribution in [2.45, 2.75) is 25.3 Å². The first kappa shape index (κ1) is 16.1. The molecule has 0 unspecified atom stereocenters. The van der Waals surface area contributed by atoms with E-state index in [-0.39, 0.29) is 18.0 Å². The van der Waals surface area contributed by atoms with E-state index in [1.165, 1.54) is 0 Å². The molecule has 2 rings (SSSR count). The third-order valence-corrected chi connectivity index (χ3v) is 3.68. The molecule has 3 amide bonds. The zero-order valence-electron chi connectivity index (χ0n) is 12.8. The van der Waals surface area contributed by atoms with Crippen molar-refractivity contribution < 1.29 is 9.59 Å². The van der Waals surface area contributed by atoms with Crippen LogP contribution in [0.25, 0.3) is 0 Å². The summed E-state index contributed by atoms with van der Waals surface area (Å²) in [6, 6.07) is 3.33. The number of hydrogen-bond donors (Lipinski definition) is 3. The van der Waals surface area contributed by atoms with Crippen LogP contribution in [0.15, 0.2) is 24.5 Å². The maximum Gasteiger partial charge on any atom is 0.318 e. The van der Waals surface area contributed by atoms with Crippen molar-refractivity contribution in [2.75, 3.05) is 32.0 Å². The average Bonchev–Trinajstić information content (AvgIpc) is 3.04. The van der Waals surface area contributed by atoms with Gasteiger partial charge in [-0.3, -0.25) is 9.78 Å². The van der Waals surface area contributed by atoms with E-state index in [1.54, 1.807) is 24.3 Å². The summed E-state index contributed by atoms with van der Waals surface area (Å²) in [6.45, 7) is 1.96. The van der Waals surface area contributed by atoms with Crippen LogP contribution in [0.3, 0.4) is 0 Å². The molecule has 1 saturated heterocycles. The number of amides is 3. The second kappa shape index (κ2) is 8.21. The fourth-order valence-electron chi connectivity index (χ4n) is 2.53. The van der Waals surface area contributed by atoms with Crippen molar-refractivity contribution in [1.82, 2.24) is 20.5 Å². The Morgan fingerprint density at radius 3 is 3.00 bits per heavy atom. The van der Waals surface area contributed by atoms with Gasteiger partial charge in [0.25, 0.3) is 0 Å². The predicted molar refractivity (Wildman–Crippen MR) is 84.5 cm³/mol. The van der Waals surface area contributed by atoms with Gasteiger partial charge < -0.3 is 20.9 Å². The molecule has 0 radical (unpaired) electrons. The van der Waals surface area contributed by atoms with Gasteiger partial charge in [-0.15, -0.1) is 0 Å². The summed E-state index contributed by atoms with van der Waals surface area (Å²) in [7, 11) is 1.60. The van der Waals surface area contributed by atoms with Crippen molar-refractivity contribution in [1.29, 1.82) is 0 Å². The number of likely N-dealkylation sites (tertiary alicyclic amines) is 1. The first-order chi connectivity index (χ1) is 10.7. The monoisotopic (exact) mass is 305 g/mol. The maximum atomic E-state index is 12.1. The molecule has 3 N–H and O–H groups in total. The van der Waals surface area contributed by atoms with E-state index in [0.29, 0.717) is 13.1 Å².